The van der Waals surface area contributed by atoms with Crippen LogP contribution >= 0.6 is 24.0 Å². The molecule has 1 aliphatic heterocycles. The molecule has 2 fully saturated rings. The van der Waals surface area contributed by atoms with Crippen LogP contribution in [0.4, 0.5) is 0 Å². The molecule has 0 aromatic heterocycles. The lowest BCUT2D eigenvalue weighted by Crippen LogP contribution is -2.42. The summed E-state index contributed by atoms with van der Waals surface area (Å²) in [4.78, 5) is 26.8. The van der Waals surface area contributed by atoms with Crippen molar-refractivity contribution in [1.82, 2.24) is 10.2 Å². The summed E-state index contributed by atoms with van der Waals surface area (Å²) in [7, 11) is 0. The van der Waals surface area contributed by atoms with Crippen molar-refractivity contribution < 1.29 is 9.59 Å². The van der Waals surface area contributed by atoms with Crippen LogP contribution in [0, 0.1) is 0 Å². The molecule has 136 valence electrons. The van der Waals surface area contributed by atoms with E-state index in [1.165, 1.54) is 16.7 Å². The predicted molar refractivity (Wildman–Crippen MR) is 110 cm³/mol. The van der Waals surface area contributed by atoms with Crippen LogP contribution in [0.25, 0.3) is 6.08 Å². The minimum atomic E-state index is -0.192. The maximum absolute atomic E-state index is 12.6. The molecule has 4 nitrogen and oxygen atoms in total. The molecule has 26 heavy (non-hydrogen) atoms. The second-order valence-electron chi connectivity index (χ2n) is 6.62. The molecule has 6 heteroatoms. The number of nitrogens with one attached hydrogen (secondary N) is 1. The van der Waals surface area contributed by atoms with E-state index in [1.54, 1.807) is 0 Å². The van der Waals surface area contributed by atoms with Gasteiger partial charge in [-0.25, -0.2) is 0 Å². The Hall–Kier alpha value is -1.92. The Bertz CT molecular complexity index is 765. The van der Waals surface area contributed by atoms with Gasteiger partial charge >= 0.3 is 0 Å². The highest BCUT2D eigenvalue weighted by atomic mass is 32.2. The van der Waals surface area contributed by atoms with Crippen LogP contribution in [0.3, 0.4) is 0 Å². The summed E-state index contributed by atoms with van der Waals surface area (Å²) in [5, 5.41) is 3.00. The number of benzene rings is 1. The molecule has 1 aromatic carbocycles. The Balaban J connectivity index is 1.64. The highest BCUT2D eigenvalue weighted by Gasteiger charge is 2.33. The number of thioether (sulfide) groups is 1. The third-order valence-electron chi connectivity index (χ3n) is 4.45. The molecule has 1 heterocycles. The van der Waals surface area contributed by atoms with Crippen molar-refractivity contribution in [2.45, 2.75) is 38.6 Å². The van der Waals surface area contributed by atoms with Crippen molar-refractivity contribution in [2.75, 3.05) is 6.54 Å². The zero-order valence-corrected chi connectivity index (χ0v) is 16.4. The van der Waals surface area contributed by atoms with E-state index < -0.39 is 0 Å². The van der Waals surface area contributed by atoms with Crippen molar-refractivity contribution in [3.63, 3.8) is 0 Å². The summed E-state index contributed by atoms with van der Waals surface area (Å²) >= 11 is 6.56. The first-order valence-electron chi connectivity index (χ1n) is 8.81. The fraction of sp³-hybridized carbons (Fsp3) is 0.350. The third-order valence-corrected chi connectivity index (χ3v) is 5.83. The molecular weight excluding hydrogens is 364 g/mol. The monoisotopic (exact) mass is 386 g/mol. The Labute approximate surface area is 163 Å². The molecule has 1 aliphatic carbocycles. The number of thiocarbonyl (C=S) groups is 1. The highest BCUT2D eigenvalue weighted by Crippen LogP contribution is 2.32. The fourth-order valence-corrected chi connectivity index (χ4v) is 4.49. The van der Waals surface area contributed by atoms with Gasteiger partial charge in [-0.3, -0.25) is 14.5 Å². The van der Waals surface area contributed by atoms with E-state index in [0.717, 1.165) is 36.8 Å². The quantitative estimate of drug-likeness (QED) is 0.616. The molecule has 3 rings (SSSR count). The standard InChI is InChI=1S/C20H22N2O2S2/c1-14(11-15-7-3-2-4-8-15)12-17-19(24)22(20(25)26-17)13-18(23)21-16-9-5-6-10-16/h2-4,7-8,11-12,16H,5-6,9-10,13H2,1H3,(H,21,23)/b14-11+,17-12-. The van der Waals surface area contributed by atoms with Gasteiger partial charge in [0.05, 0.1) is 4.91 Å². The number of rotatable bonds is 5. The molecule has 0 radical (unpaired) electrons. The molecule has 0 unspecified atom stereocenters. The number of carbonyl (C=O) groups excluding carboxylic acids is 2. The summed E-state index contributed by atoms with van der Waals surface area (Å²) in [5.74, 6) is -0.326. The maximum Gasteiger partial charge on any atom is 0.266 e. The van der Waals surface area contributed by atoms with Crippen LogP contribution in [0.1, 0.15) is 38.2 Å². The molecule has 2 aliphatic rings. The highest BCUT2D eigenvalue weighted by molar-refractivity contribution is 8.26. The zero-order chi connectivity index (χ0) is 18.5. The van der Waals surface area contributed by atoms with Crippen LogP contribution in [-0.4, -0.2) is 33.6 Å². The molecule has 2 amide bonds. The van der Waals surface area contributed by atoms with Gasteiger partial charge in [-0.1, -0.05) is 73.2 Å². The molecule has 0 atom stereocenters. The lowest BCUT2D eigenvalue weighted by atomic mass is 10.1. The SMILES string of the molecule is CC(/C=C1\SC(=S)N(CC(=O)NC2CCCC2)C1=O)=C\c1ccccc1. The van der Waals surface area contributed by atoms with Crippen molar-refractivity contribution in [1.29, 1.82) is 0 Å². The summed E-state index contributed by atoms with van der Waals surface area (Å²) in [5.41, 5.74) is 2.04. The topological polar surface area (TPSA) is 49.4 Å². The van der Waals surface area contributed by atoms with Crippen molar-refractivity contribution >= 4 is 46.2 Å². The first-order chi connectivity index (χ1) is 12.5. The van der Waals surface area contributed by atoms with E-state index in [4.69, 9.17) is 12.2 Å². The maximum atomic E-state index is 12.6. The van der Waals surface area contributed by atoms with E-state index in [-0.39, 0.29) is 24.4 Å². The van der Waals surface area contributed by atoms with Gasteiger partial charge < -0.3 is 5.32 Å². The van der Waals surface area contributed by atoms with Crippen molar-refractivity contribution in [3.05, 3.63) is 52.4 Å². The lowest BCUT2D eigenvalue weighted by molar-refractivity contribution is -0.129. The van der Waals surface area contributed by atoms with E-state index in [2.05, 4.69) is 5.32 Å². The number of carbonyl (C=O) groups is 2. The predicted octanol–water partition coefficient (Wildman–Crippen LogP) is 3.89. The Morgan fingerprint density at radius 1 is 1.31 bits per heavy atom. The number of allylic oxidation sites excluding steroid dienone is 2. The number of hydrogen-bond donors (Lipinski definition) is 1. The van der Waals surface area contributed by atoms with E-state index in [1.807, 2.05) is 49.4 Å². The van der Waals surface area contributed by atoms with Gasteiger partial charge in [0.15, 0.2) is 0 Å². The second kappa shape index (κ2) is 8.64. The second-order valence-corrected chi connectivity index (χ2v) is 8.29. The van der Waals surface area contributed by atoms with Gasteiger partial charge in [0.1, 0.15) is 10.9 Å². The first kappa shape index (κ1) is 18.9. The zero-order valence-electron chi connectivity index (χ0n) is 14.7. The average Bonchev–Trinajstić information content (AvgIpc) is 3.20. The van der Waals surface area contributed by atoms with Crippen LogP contribution < -0.4 is 5.32 Å². The number of nitrogens with zero attached hydrogens (tertiary/aromatic N) is 1. The van der Waals surface area contributed by atoms with Crippen LogP contribution in [0.5, 0.6) is 0 Å². The van der Waals surface area contributed by atoms with Gasteiger partial charge in [-0.05, 0) is 37.0 Å². The molecule has 1 N–H and O–H groups in total. The first-order valence-corrected chi connectivity index (χ1v) is 10.0. The lowest BCUT2D eigenvalue weighted by Gasteiger charge is -2.17. The molecule has 0 bridgehead atoms. The number of hydrogen-bond acceptors (Lipinski definition) is 4. The molecule has 1 aromatic rings. The smallest absolute Gasteiger partial charge is 0.266 e. The largest absolute Gasteiger partial charge is 0.352 e. The summed E-state index contributed by atoms with van der Waals surface area (Å²) < 4.78 is 0.440. The van der Waals surface area contributed by atoms with E-state index in [9.17, 15) is 9.59 Å². The van der Waals surface area contributed by atoms with Gasteiger partial charge in [-0.15, -0.1) is 0 Å². The van der Waals surface area contributed by atoms with E-state index in [0.29, 0.717) is 9.23 Å². The van der Waals surface area contributed by atoms with Gasteiger partial charge in [0.25, 0.3) is 5.91 Å². The normalized spacial score (nSPS) is 20.3. The molecular formula is C20H22N2O2S2. The fourth-order valence-electron chi connectivity index (χ4n) is 3.18. The third kappa shape index (κ3) is 4.83. The molecule has 0 spiro atoms. The molecule has 1 saturated heterocycles. The minimum absolute atomic E-state index is 0.0000458. The summed E-state index contributed by atoms with van der Waals surface area (Å²) in [6.45, 7) is 1.95. The van der Waals surface area contributed by atoms with Gasteiger partial charge in [0, 0.05) is 6.04 Å². The van der Waals surface area contributed by atoms with Crippen LogP contribution in [-0.2, 0) is 9.59 Å². The van der Waals surface area contributed by atoms with Crippen molar-refractivity contribution in [3.8, 4) is 0 Å². The Morgan fingerprint density at radius 3 is 2.69 bits per heavy atom. The molecule has 1 saturated carbocycles. The van der Waals surface area contributed by atoms with Gasteiger partial charge in [-0.2, -0.15) is 0 Å². The van der Waals surface area contributed by atoms with E-state index >= 15 is 0 Å². The van der Waals surface area contributed by atoms with Crippen LogP contribution in [0.2, 0.25) is 0 Å². The van der Waals surface area contributed by atoms with Crippen molar-refractivity contribution in [2.24, 2.45) is 0 Å². The average molecular weight is 387 g/mol. The number of amides is 2. The summed E-state index contributed by atoms with van der Waals surface area (Å²) in [6.07, 6.45) is 8.20. The minimum Gasteiger partial charge on any atom is -0.352 e. The Kier molecular flexibility index (Phi) is 6.27. The Morgan fingerprint density at radius 2 is 2.00 bits per heavy atom. The van der Waals surface area contributed by atoms with Gasteiger partial charge in [0.2, 0.25) is 5.91 Å². The van der Waals surface area contributed by atoms with Crippen LogP contribution in [0.15, 0.2) is 46.9 Å². The summed E-state index contributed by atoms with van der Waals surface area (Å²) in [6, 6.07) is 10.2.